The van der Waals surface area contributed by atoms with Crippen LogP contribution in [0.15, 0.2) is 0 Å². The third-order valence-electron chi connectivity index (χ3n) is 5.00. The molecule has 15 heavy (non-hydrogen) atoms. The van der Waals surface area contributed by atoms with Crippen molar-refractivity contribution in [2.24, 2.45) is 17.6 Å². The summed E-state index contributed by atoms with van der Waals surface area (Å²) >= 11 is 6.28. The van der Waals surface area contributed by atoms with Crippen LogP contribution in [0.5, 0.6) is 0 Å². The van der Waals surface area contributed by atoms with E-state index in [-0.39, 0.29) is 0 Å². The minimum absolute atomic E-state index is 0.392. The Morgan fingerprint density at radius 1 is 1.00 bits per heavy atom. The summed E-state index contributed by atoms with van der Waals surface area (Å²) < 4.78 is 0. The average Bonchev–Trinajstić information content (AvgIpc) is 2.68. The molecule has 2 nitrogen and oxygen atoms in total. The second-order valence-electron chi connectivity index (χ2n) is 5.77. The fraction of sp³-hybridized carbons (Fsp3) is 1.00. The molecule has 2 aliphatic carbocycles. The van der Waals surface area contributed by atoms with Gasteiger partial charge in [-0.2, -0.15) is 0 Å². The molecular formula is C12H22ClN2+. The molecule has 86 valence electrons. The minimum atomic E-state index is 0.392. The van der Waals surface area contributed by atoms with Crippen molar-refractivity contribution in [2.75, 3.05) is 0 Å². The van der Waals surface area contributed by atoms with Gasteiger partial charge in [0.15, 0.2) is 0 Å². The Kier molecular flexibility index (Phi) is 2.70. The second kappa shape index (κ2) is 3.90. The highest BCUT2D eigenvalue weighted by Crippen LogP contribution is 2.38. The van der Waals surface area contributed by atoms with Crippen molar-refractivity contribution in [3.05, 3.63) is 0 Å². The van der Waals surface area contributed by atoms with E-state index in [1.54, 1.807) is 0 Å². The lowest BCUT2D eigenvalue weighted by molar-refractivity contribution is -0.744. The summed E-state index contributed by atoms with van der Waals surface area (Å²) in [7, 11) is 0. The Morgan fingerprint density at radius 2 is 1.80 bits per heavy atom. The third kappa shape index (κ3) is 1.71. The lowest BCUT2D eigenvalue weighted by Gasteiger charge is -2.45. The Balaban J connectivity index is 1.77. The fourth-order valence-corrected chi connectivity index (χ4v) is 4.56. The smallest absolute Gasteiger partial charge is 0.0905 e. The first-order valence-corrected chi connectivity index (χ1v) is 6.94. The minimum Gasteiger partial charge on any atom is -0.341 e. The van der Waals surface area contributed by atoms with Crippen molar-refractivity contribution < 1.29 is 5.32 Å². The molecule has 6 unspecified atom stereocenters. The maximum Gasteiger partial charge on any atom is 0.0905 e. The van der Waals surface area contributed by atoms with Crippen LogP contribution < -0.4 is 11.1 Å². The van der Waals surface area contributed by atoms with Gasteiger partial charge >= 0.3 is 0 Å². The summed E-state index contributed by atoms with van der Waals surface area (Å²) in [5, 5.41) is 3.04. The van der Waals surface area contributed by atoms with Gasteiger partial charge in [0.1, 0.15) is 0 Å². The van der Waals surface area contributed by atoms with Crippen molar-refractivity contribution in [2.45, 2.75) is 62.0 Å². The number of hydrogen-bond donors (Lipinski definition) is 2. The first kappa shape index (κ1) is 10.4. The summed E-state index contributed by atoms with van der Waals surface area (Å²) in [6, 6.07) is 2.07. The predicted molar refractivity (Wildman–Crippen MR) is 61.8 cm³/mol. The number of fused-ring (bicyclic) bond motifs is 2. The van der Waals surface area contributed by atoms with Crippen molar-refractivity contribution in [3.63, 3.8) is 0 Å². The molecule has 1 aliphatic heterocycles. The van der Waals surface area contributed by atoms with Gasteiger partial charge in [-0.05, 0) is 32.1 Å². The number of nitrogens with two attached hydrogens (primary N) is 2. The van der Waals surface area contributed by atoms with E-state index in [9.17, 15) is 0 Å². The van der Waals surface area contributed by atoms with Gasteiger partial charge in [-0.1, -0.05) is 0 Å². The van der Waals surface area contributed by atoms with Crippen LogP contribution in [0.25, 0.3) is 0 Å². The molecule has 0 aromatic carbocycles. The average molecular weight is 230 g/mol. The SMILES string of the molecule is NC1C2CCCC2[NH2+]C2CCC(Cl)CC21. The summed E-state index contributed by atoms with van der Waals surface area (Å²) in [4.78, 5) is 0. The van der Waals surface area contributed by atoms with Crippen LogP contribution in [0.4, 0.5) is 0 Å². The molecular weight excluding hydrogens is 208 g/mol. The molecule has 0 amide bonds. The highest BCUT2D eigenvalue weighted by atomic mass is 35.5. The number of quaternary nitrogens is 1. The van der Waals surface area contributed by atoms with Gasteiger partial charge in [0.05, 0.1) is 12.1 Å². The fourth-order valence-electron chi connectivity index (χ4n) is 4.23. The van der Waals surface area contributed by atoms with Crippen molar-refractivity contribution in [1.29, 1.82) is 0 Å². The molecule has 0 aromatic heterocycles. The highest BCUT2D eigenvalue weighted by molar-refractivity contribution is 6.20. The standard InChI is InChI=1S/C12H21ClN2/c13-7-4-5-11-9(6-7)12(14)8-2-1-3-10(8)15-11/h7-12,15H,1-6,14H2/p+1. The monoisotopic (exact) mass is 229 g/mol. The Morgan fingerprint density at radius 3 is 2.67 bits per heavy atom. The van der Waals surface area contributed by atoms with Crippen LogP contribution in [-0.4, -0.2) is 23.5 Å². The van der Waals surface area contributed by atoms with Crippen molar-refractivity contribution >= 4 is 11.6 Å². The van der Waals surface area contributed by atoms with E-state index in [4.69, 9.17) is 17.3 Å². The van der Waals surface area contributed by atoms with Gasteiger partial charge < -0.3 is 11.1 Å². The Hall–Kier alpha value is 0.210. The lowest BCUT2D eigenvalue weighted by atomic mass is 9.71. The van der Waals surface area contributed by atoms with Crippen LogP contribution in [0.1, 0.15) is 38.5 Å². The quantitative estimate of drug-likeness (QED) is 0.594. The number of hydrogen-bond acceptors (Lipinski definition) is 1. The van der Waals surface area contributed by atoms with E-state index in [1.165, 1.54) is 32.1 Å². The number of piperidine rings is 1. The van der Waals surface area contributed by atoms with E-state index in [0.717, 1.165) is 24.4 Å². The highest BCUT2D eigenvalue weighted by Gasteiger charge is 2.49. The molecule has 3 heteroatoms. The molecule has 1 heterocycles. The zero-order valence-corrected chi connectivity index (χ0v) is 10.00. The Labute approximate surface area is 96.9 Å². The maximum atomic E-state index is 6.46. The summed E-state index contributed by atoms with van der Waals surface area (Å²) in [5.74, 6) is 1.48. The molecule has 0 spiro atoms. The van der Waals surface area contributed by atoms with Crippen LogP contribution >= 0.6 is 11.6 Å². The van der Waals surface area contributed by atoms with E-state index < -0.39 is 0 Å². The van der Waals surface area contributed by atoms with Gasteiger partial charge in [0.25, 0.3) is 0 Å². The summed E-state index contributed by atoms with van der Waals surface area (Å²) in [6.45, 7) is 0. The van der Waals surface area contributed by atoms with E-state index >= 15 is 0 Å². The van der Waals surface area contributed by atoms with Gasteiger partial charge in [-0.15, -0.1) is 11.6 Å². The molecule has 3 rings (SSSR count). The molecule has 3 fully saturated rings. The maximum absolute atomic E-state index is 6.46. The number of rotatable bonds is 0. The molecule has 4 N–H and O–H groups in total. The predicted octanol–water partition coefficient (Wildman–Crippen LogP) is 0.835. The molecule has 3 aliphatic rings. The number of halogens is 1. The Bertz CT molecular complexity index is 246. The molecule has 6 atom stereocenters. The summed E-state index contributed by atoms with van der Waals surface area (Å²) in [5.41, 5.74) is 6.46. The van der Waals surface area contributed by atoms with Crippen molar-refractivity contribution in [1.82, 2.24) is 0 Å². The zero-order valence-electron chi connectivity index (χ0n) is 9.24. The normalized spacial score (nSPS) is 54.8. The molecule has 0 aromatic rings. The largest absolute Gasteiger partial charge is 0.341 e. The molecule has 0 bridgehead atoms. The van der Waals surface area contributed by atoms with Crippen LogP contribution in [-0.2, 0) is 0 Å². The topological polar surface area (TPSA) is 42.6 Å². The summed E-state index contributed by atoms with van der Waals surface area (Å²) in [6.07, 6.45) is 7.79. The third-order valence-corrected chi connectivity index (χ3v) is 5.40. The first-order chi connectivity index (χ1) is 7.25. The van der Waals surface area contributed by atoms with Gasteiger partial charge in [0, 0.05) is 29.7 Å². The number of alkyl halides is 1. The lowest BCUT2D eigenvalue weighted by Crippen LogP contribution is -3.01. The van der Waals surface area contributed by atoms with E-state index in [1.807, 2.05) is 0 Å². The molecule has 0 radical (unpaired) electrons. The van der Waals surface area contributed by atoms with Gasteiger partial charge in [0.2, 0.25) is 0 Å². The van der Waals surface area contributed by atoms with Crippen LogP contribution in [0.3, 0.4) is 0 Å². The zero-order chi connectivity index (χ0) is 10.4. The first-order valence-electron chi connectivity index (χ1n) is 6.50. The molecule has 2 saturated carbocycles. The van der Waals surface area contributed by atoms with E-state index in [2.05, 4.69) is 5.32 Å². The van der Waals surface area contributed by atoms with Crippen molar-refractivity contribution in [3.8, 4) is 0 Å². The van der Waals surface area contributed by atoms with Crippen LogP contribution in [0.2, 0.25) is 0 Å². The van der Waals surface area contributed by atoms with Crippen LogP contribution in [0, 0.1) is 11.8 Å². The second-order valence-corrected chi connectivity index (χ2v) is 6.38. The van der Waals surface area contributed by atoms with Gasteiger partial charge in [-0.25, -0.2) is 0 Å². The molecule has 1 saturated heterocycles. The van der Waals surface area contributed by atoms with Gasteiger partial charge in [-0.3, -0.25) is 0 Å². The van der Waals surface area contributed by atoms with E-state index in [0.29, 0.717) is 17.3 Å².